The van der Waals surface area contributed by atoms with Crippen LogP contribution in [0.4, 0.5) is 5.69 Å². The summed E-state index contributed by atoms with van der Waals surface area (Å²) >= 11 is 0. The molecule has 1 atom stereocenters. The van der Waals surface area contributed by atoms with Crippen LogP contribution in [0.25, 0.3) is 0 Å². The summed E-state index contributed by atoms with van der Waals surface area (Å²) in [5, 5.41) is 3.56. The number of anilines is 1. The van der Waals surface area contributed by atoms with Crippen molar-refractivity contribution in [3.8, 4) is 0 Å². The molecule has 106 valence electrons. The lowest BCUT2D eigenvalue weighted by molar-refractivity contribution is 0.544. The van der Waals surface area contributed by atoms with Crippen molar-refractivity contribution in [3.05, 3.63) is 59.9 Å². The van der Waals surface area contributed by atoms with E-state index in [0.29, 0.717) is 6.04 Å². The summed E-state index contributed by atoms with van der Waals surface area (Å²) < 4.78 is 0. The summed E-state index contributed by atoms with van der Waals surface area (Å²) in [5.74, 6) is 0. The second-order valence-electron chi connectivity index (χ2n) is 5.12. The Hall–Kier alpha value is -1.87. The molecular weight excluding hydrogens is 246 g/mol. The number of benzene rings is 1. The van der Waals surface area contributed by atoms with Crippen LogP contribution in [0, 0.1) is 0 Å². The van der Waals surface area contributed by atoms with Gasteiger partial charge in [-0.2, -0.15) is 0 Å². The summed E-state index contributed by atoms with van der Waals surface area (Å²) in [6, 6.07) is 15.1. The molecule has 2 aromatic rings. The van der Waals surface area contributed by atoms with E-state index in [2.05, 4.69) is 66.6 Å². The molecule has 1 unspecified atom stereocenters. The van der Waals surface area contributed by atoms with E-state index in [1.165, 1.54) is 11.3 Å². The monoisotopic (exact) mass is 269 g/mol. The highest BCUT2D eigenvalue weighted by Crippen LogP contribution is 2.22. The van der Waals surface area contributed by atoms with E-state index in [1.54, 1.807) is 0 Å². The Labute approximate surface area is 121 Å². The molecule has 0 aliphatic heterocycles. The van der Waals surface area contributed by atoms with Crippen molar-refractivity contribution >= 4 is 5.69 Å². The predicted octanol–water partition coefficient (Wildman–Crippen LogP) is 3.04. The minimum Gasteiger partial charge on any atom is -0.378 e. The molecule has 20 heavy (non-hydrogen) atoms. The molecule has 3 heteroatoms. The highest BCUT2D eigenvalue weighted by atomic mass is 15.1. The third kappa shape index (κ3) is 3.81. The first-order valence-electron chi connectivity index (χ1n) is 7.11. The van der Waals surface area contributed by atoms with Gasteiger partial charge in [-0.05, 0) is 36.4 Å². The van der Waals surface area contributed by atoms with Crippen LogP contribution < -0.4 is 10.2 Å². The van der Waals surface area contributed by atoms with E-state index >= 15 is 0 Å². The number of aromatic nitrogens is 1. The number of likely N-dealkylation sites (N-methyl/N-ethyl adjacent to an activating group) is 1. The van der Waals surface area contributed by atoms with Gasteiger partial charge >= 0.3 is 0 Å². The van der Waals surface area contributed by atoms with Gasteiger partial charge in [0.25, 0.3) is 0 Å². The maximum absolute atomic E-state index is 4.43. The van der Waals surface area contributed by atoms with Crippen molar-refractivity contribution in [1.29, 1.82) is 0 Å². The van der Waals surface area contributed by atoms with E-state index in [9.17, 15) is 0 Å². The van der Waals surface area contributed by atoms with Gasteiger partial charge < -0.3 is 10.2 Å². The van der Waals surface area contributed by atoms with Crippen LogP contribution in [0.3, 0.4) is 0 Å². The highest BCUT2D eigenvalue weighted by molar-refractivity contribution is 5.48. The predicted molar refractivity (Wildman–Crippen MR) is 85.1 cm³/mol. The van der Waals surface area contributed by atoms with Crippen molar-refractivity contribution in [1.82, 2.24) is 10.3 Å². The number of pyridine rings is 1. The topological polar surface area (TPSA) is 28.2 Å². The Bertz CT molecular complexity index is 523. The second-order valence-corrected chi connectivity index (χ2v) is 5.12. The maximum Gasteiger partial charge on any atom is 0.0422 e. The van der Waals surface area contributed by atoms with Gasteiger partial charge in [0, 0.05) is 44.1 Å². The number of rotatable bonds is 6. The number of nitrogens with zero attached hydrogens (tertiary/aromatic N) is 2. The standard InChI is InChI=1S/C17H23N3/c1-4-18-17(13-15-9-5-6-11-19-15)14-8-7-10-16(12-14)20(2)3/h5-12,17-18H,4,13H2,1-3H3. The van der Waals surface area contributed by atoms with Gasteiger partial charge in [0.15, 0.2) is 0 Å². The summed E-state index contributed by atoms with van der Waals surface area (Å²) in [4.78, 5) is 6.57. The van der Waals surface area contributed by atoms with Gasteiger partial charge in [0.1, 0.15) is 0 Å². The molecule has 0 fully saturated rings. The fourth-order valence-electron chi connectivity index (χ4n) is 2.30. The molecule has 2 rings (SSSR count). The molecule has 0 bridgehead atoms. The Morgan fingerprint density at radius 2 is 2.00 bits per heavy atom. The lowest BCUT2D eigenvalue weighted by Gasteiger charge is -2.20. The first-order chi connectivity index (χ1) is 9.70. The van der Waals surface area contributed by atoms with E-state index < -0.39 is 0 Å². The fraction of sp³-hybridized carbons (Fsp3) is 0.353. The summed E-state index contributed by atoms with van der Waals surface area (Å²) in [7, 11) is 4.14. The van der Waals surface area contributed by atoms with Crippen molar-refractivity contribution in [2.75, 3.05) is 25.5 Å². The average Bonchev–Trinajstić information content (AvgIpc) is 2.48. The minimum absolute atomic E-state index is 0.301. The Balaban J connectivity index is 2.21. The van der Waals surface area contributed by atoms with E-state index in [1.807, 2.05) is 18.3 Å². The van der Waals surface area contributed by atoms with Gasteiger partial charge in [-0.25, -0.2) is 0 Å². The smallest absolute Gasteiger partial charge is 0.0422 e. The third-order valence-corrected chi connectivity index (χ3v) is 3.38. The zero-order valence-electron chi connectivity index (χ0n) is 12.5. The van der Waals surface area contributed by atoms with Gasteiger partial charge in [-0.3, -0.25) is 4.98 Å². The summed E-state index contributed by atoms with van der Waals surface area (Å²) in [6.07, 6.45) is 2.76. The molecular formula is C17H23N3. The minimum atomic E-state index is 0.301. The Morgan fingerprint density at radius 3 is 2.65 bits per heavy atom. The Morgan fingerprint density at radius 1 is 1.15 bits per heavy atom. The van der Waals surface area contributed by atoms with Gasteiger partial charge in [-0.15, -0.1) is 0 Å². The highest BCUT2D eigenvalue weighted by Gasteiger charge is 2.12. The first-order valence-corrected chi connectivity index (χ1v) is 7.11. The van der Waals surface area contributed by atoms with Crippen LogP contribution in [-0.4, -0.2) is 25.6 Å². The molecule has 3 nitrogen and oxygen atoms in total. The van der Waals surface area contributed by atoms with E-state index in [-0.39, 0.29) is 0 Å². The Kier molecular flexibility index (Phi) is 5.13. The maximum atomic E-state index is 4.43. The zero-order chi connectivity index (χ0) is 14.4. The van der Waals surface area contributed by atoms with Gasteiger partial charge in [0.2, 0.25) is 0 Å². The lowest BCUT2D eigenvalue weighted by atomic mass is 10.0. The molecule has 1 aromatic heterocycles. The summed E-state index contributed by atoms with van der Waals surface area (Å²) in [5.41, 5.74) is 3.66. The van der Waals surface area contributed by atoms with Crippen molar-refractivity contribution < 1.29 is 0 Å². The summed E-state index contributed by atoms with van der Waals surface area (Å²) in [6.45, 7) is 3.09. The molecule has 0 saturated heterocycles. The van der Waals surface area contributed by atoms with Crippen LogP contribution >= 0.6 is 0 Å². The van der Waals surface area contributed by atoms with Crippen LogP contribution in [0.15, 0.2) is 48.7 Å². The van der Waals surface area contributed by atoms with Gasteiger partial charge in [-0.1, -0.05) is 25.1 Å². The lowest BCUT2D eigenvalue weighted by Crippen LogP contribution is -2.23. The molecule has 1 heterocycles. The van der Waals surface area contributed by atoms with Crippen LogP contribution in [0.2, 0.25) is 0 Å². The third-order valence-electron chi connectivity index (χ3n) is 3.38. The molecule has 0 aliphatic rings. The molecule has 0 amide bonds. The second kappa shape index (κ2) is 7.06. The van der Waals surface area contributed by atoms with E-state index in [4.69, 9.17) is 0 Å². The zero-order valence-corrected chi connectivity index (χ0v) is 12.5. The normalized spacial score (nSPS) is 12.2. The molecule has 1 aromatic carbocycles. The average molecular weight is 269 g/mol. The van der Waals surface area contributed by atoms with Crippen molar-refractivity contribution in [2.45, 2.75) is 19.4 Å². The van der Waals surface area contributed by atoms with Gasteiger partial charge in [0.05, 0.1) is 0 Å². The molecule has 1 N–H and O–H groups in total. The fourth-order valence-corrected chi connectivity index (χ4v) is 2.30. The largest absolute Gasteiger partial charge is 0.378 e. The van der Waals surface area contributed by atoms with Crippen LogP contribution in [0.5, 0.6) is 0 Å². The van der Waals surface area contributed by atoms with Crippen LogP contribution in [-0.2, 0) is 6.42 Å². The number of nitrogens with one attached hydrogen (secondary N) is 1. The number of hydrogen-bond acceptors (Lipinski definition) is 3. The molecule has 0 aliphatic carbocycles. The quantitative estimate of drug-likeness (QED) is 0.873. The molecule has 0 saturated carbocycles. The molecule has 0 radical (unpaired) electrons. The first kappa shape index (κ1) is 14.5. The van der Waals surface area contributed by atoms with Crippen molar-refractivity contribution in [3.63, 3.8) is 0 Å². The number of hydrogen-bond donors (Lipinski definition) is 1. The van der Waals surface area contributed by atoms with Crippen molar-refractivity contribution in [2.24, 2.45) is 0 Å². The van der Waals surface area contributed by atoms with Crippen LogP contribution in [0.1, 0.15) is 24.2 Å². The molecule has 0 spiro atoms. The van der Waals surface area contributed by atoms with E-state index in [0.717, 1.165) is 18.7 Å². The SMILES string of the molecule is CCNC(Cc1ccccn1)c1cccc(N(C)C)c1.